The van der Waals surface area contributed by atoms with Gasteiger partial charge in [0, 0.05) is 0 Å². The zero-order valence-corrected chi connectivity index (χ0v) is 6.49. The predicted molar refractivity (Wildman–Crippen MR) is 19.2 cm³/mol. The Morgan fingerprint density at radius 3 is 1.40 bits per heavy atom. The molecule has 1 heteroatoms. The quantitative estimate of drug-likeness (QED) is 0.450. The van der Waals surface area contributed by atoms with E-state index in [4.69, 9.17) is 6.58 Å². The van der Waals surface area contributed by atoms with Crippen LogP contribution in [0.5, 0.6) is 0 Å². The molecule has 0 spiro atoms. The molecule has 0 bridgehead atoms. The molecule has 0 amide bonds. The second-order valence-corrected chi connectivity index (χ2v) is 1.08. The number of hydrogen-bond donors (Lipinski definition) is 0. The van der Waals surface area contributed by atoms with E-state index in [0.717, 1.165) is 5.57 Å². The molecule has 0 aromatic rings. The molecule has 0 atom stereocenters. The Kier molecular flexibility index (Phi) is 8.99. The first-order chi connectivity index (χ1) is 1.73. The van der Waals surface area contributed by atoms with Crippen LogP contribution < -0.4 is 0 Å². The maximum Gasteiger partial charge on any atom is 3.00 e. The maximum atomic E-state index is 5.03. The third kappa shape index (κ3) is 55.0. The van der Waals surface area contributed by atoms with Crippen LogP contribution in [0.3, 0.4) is 0 Å². The molecule has 0 rings (SSSR count). The van der Waals surface area contributed by atoms with Crippen LogP contribution in [0.15, 0.2) is 5.57 Å². The van der Waals surface area contributed by atoms with E-state index in [0.29, 0.717) is 0 Å². The van der Waals surface area contributed by atoms with Crippen LogP contribution in [0.4, 0.5) is 0 Å². The van der Waals surface area contributed by atoms with E-state index in [9.17, 15) is 0 Å². The van der Waals surface area contributed by atoms with Crippen LogP contribution in [-0.4, -0.2) is 0 Å². The molecule has 0 aromatic heterocycles. The standard InChI is InChI=1S/C4H7.Y/c1-4(2)3;/h1H,2-3H3;/q-1;+3. The molecule has 0 radical (unpaired) electrons. The summed E-state index contributed by atoms with van der Waals surface area (Å²) >= 11 is 0. The van der Waals surface area contributed by atoms with Gasteiger partial charge in [-0.3, -0.25) is 5.57 Å². The van der Waals surface area contributed by atoms with E-state index in [1.54, 1.807) is 0 Å². The Bertz CT molecular complexity index is 26.6. The predicted octanol–water partition coefficient (Wildman–Crippen LogP) is 1.38. The molecule has 0 saturated heterocycles. The minimum atomic E-state index is 0. The molecule has 0 unspecified atom stereocenters. The molecule has 0 nitrogen and oxygen atoms in total. The van der Waals surface area contributed by atoms with E-state index >= 15 is 0 Å². The minimum absolute atomic E-state index is 0. The summed E-state index contributed by atoms with van der Waals surface area (Å²) in [6.07, 6.45) is 0. The van der Waals surface area contributed by atoms with Gasteiger partial charge in [0.2, 0.25) is 0 Å². The SMILES string of the molecule is [CH-]=C(C)C.[Y+3]. The van der Waals surface area contributed by atoms with Gasteiger partial charge in [-0.25, -0.2) is 0 Å². The fourth-order valence-corrected chi connectivity index (χ4v) is 0. The normalized spacial score (nSPS) is 5.20. The van der Waals surface area contributed by atoms with Crippen molar-refractivity contribution in [1.82, 2.24) is 0 Å². The van der Waals surface area contributed by atoms with Crippen molar-refractivity contribution in [2.75, 3.05) is 0 Å². The van der Waals surface area contributed by atoms with Crippen molar-refractivity contribution in [3.63, 3.8) is 0 Å². The zero-order chi connectivity index (χ0) is 3.58. The van der Waals surface area contributed by atoms with Crippen LogP contribution >= 0.6 is 0 Å². The molecular formula is C4H7Y+2. The topological polar surface area (TPSA) is 0 Å². The number of allylic oxidation sites excluding steroid dienone is 1. The van der Waals surface area contributed by atoms with Gasteiger partial charge in [-0.05, 0) is 0 Å². The average Bonchev–Trinajstić information content (AvgIpc) is 0.811. The van der Waals surface area contributed by atoms with Crippen molar-refractivity contribution in [3.8, 4) is 0 Å². The Morgan fingerprint density at radius 1 is 1.40 bits per heavy atom. The van der Waals surface area contributed by atoms with Crippen molar-refractivity contribution < 1.29 is 32.7 Å². The van der Waals surface area contributed by atoms with Crippen molar-refractivity contribution in [3.05, 3.63) is 12.2 Å². The third-order valence-corrected chi connectivity index (χ3v) is 0. The van der Waals surface area contributed by atoms with E-state index < -0.39 is 0 Å². The summed E-state index contributed by atoms with van der Waals surface area (Å²) in [7, 11) is 0. The molecular weight excluding hydrogens is 137 g/mol. The molecule has 0 aromatic carbocycles. The van der Waals surface area contributed by atoms with Crippen LogP contribution in [0.25, 0.3) is 0 Å². The van der Waals surface area contributed by atoms with Crippen LogP contribution in [0.2, 0.25) is 0 Å². The number of rotatable bonds is 0. The third-order valence-electron chi connectivity index (χ3n) is 0. The fraction of sp³-hybridized carbons (Fsp3) is 0.500. The summed E-state index contributed by atoms with van der Waals surface area (Å²) in [5.41, 5.74) is 0.917. The molecule has 0 fully saturated rings. The van der Waals surface area contributed by atoms with Crippen LogP contribution in [0.1, 0.15) is 13.8 Å². The van der Waals surface area contributed by atoms with Gasteiger partial charge in [0.25, 0.3) is 0 Å². The maximum absolute atomic E-state index is 5.03. The Morgan fingerprint density at radius 2 is 1.40 bits per heavy atom. The van der Waals surface area contributed by atoms with Crippen LogP contribution in [-0.2, 0) is 32.7 Å². The van der Waals surface area contributed by atoms with Crippen molar-refractivity contribution in [2.45, 2.75) is 13.8 Å². The molecule has 24 valence electrons. The van der Waals surface area contributed by atoms with Gasteiger partial charge < -0.3 is 6.58 Å². The minimum Gasteiger partial charge on any atom is -0.515 e. The molecule has 0 aliphatic carbocycles. The second-order valence-electron chi connectivity index (χ2n) is 1.08. The van der Waals surface area contributed by atoms with E-state index in [1.165, 1.54) is 0 Å². The van der Waals surface area contributed by atoms with Gasteiger partial charge in [-0.2, -0.15) is 0 Å². The first kappa shape index (κ1) is 9.28. The summed E-state index contributed by atoms with van der Waals surface area (Å²) in [5, 5.41) is 0. The van der Waals surface area contributed by atoms with Crippen LogP contribution in [0, 0.1) is 6.58 Å². The van der Waals surface area contributed by atoms with Crippen molar-refractivity contribution in [2.24, 2.45) is 0 Å². The molecule has 0 saturated carbocycles. The van der Waals surface area contributed by atoms with Gasteiger partial charge in [-0.1, -0.05) is 13.8 Å². The molecule has 5 heavy (non-hydrogen) atoms. The summed E-state index contributed by atoms with van der Waals surface area (Å²) < 4.78 is 0. The number of hydrogen-bond acceptors (Lipinski definition) is 0. The fourth-order valence-electron chi connectivity index (χ4n) is 0. The molecule has 0 aliphatic rings. The Balaban J connectivity index is 0. The summed E-state index contributed by atoms with van der Waals surface area (Å²) in [6, 6.07) is 0. The summed E-state index contributed by atoms with van der Waals surface area (Å²) in [6.45, 7) is 8.75. The van der Waals surface area contributed by atoms with Gasteiger partial charge >= 0.3 is 32.7 Å². The molecule has 0 N–H and O–H groups in total. The van der Waals surface area contributed by atoms with Gasteiger partial charge in [0.15, 0.2) is 0 Å². The Labute approximate surface area is 58.5 Å². The van der Waals surface area contributed by atoms with Gasteiger partial charge in [-0.15, -0.1) is 0 Å². The zero-order valence-electron chi connectivity index (χ0n) is 3.65. The Hall–Kier alpha value is 0.844. The van der Waals surface area contributed by atoms with E-state index in [1.807, 2.05) is 13.8 Å². The summed E-state index contributed by atoms with van der Waals surface area (Å²) in [4.78, 5) is 0. The largest absolute Gasteiger partial charge is 3.00 e. The first-order valence-corrected chi connectivity index (χ1v) is 1.29. The van der Waals surface area contributed by atoms with Gasteiger partial charge in [0.05, 0.1) is 0 Å². The molecule has 0 heterocycles. The smallest absolute Gasteiger partial charge is 0.515 e. The average molecular weight is 144 g/mol. The van der Waals surface area contributed by atoms with Gasteiger partial charge in [0.1, 0.15) is 0 Å². The first-order valence-electron chi connectivity index (χ1n) is 1.29. The van der Waals surface area contributed by atoms with E-state index in [2.05, 4.69) is 0 Å². The van der Waals surface area contributed by atoms with Crippen molar-refractivity contribution >= 4 is 0 Å². The second kappa shape index (κ2) is 4.84. The van der Waals surface area contributed by atoms with Crippen molar-refractivity contribution in [1.29, 1.82) is 0 Å². The molecule has 0 aliphatic heterocycles. The summed E-state index contributed by atoms with van der Waals surface area (Å²) in [5.74, 6) is 0. The van der Waals surface area contributed by atoms with E-state index in [-0.39, 0.29) is 32.7 Å². The monoisotopic (exact) mass is 144 g/mol.